The molecule has 20 heavy (non-hydrogen) atoms. The molecule has 1 aromatic carbocycles. The first kappa shape index (κ1) is 14.0. The molecule has 1 heterocycles. The van der Waals surface area contributed by atoms with Gasteiger partial charge >= 0.3 is 5.97 Å². The number of rotatable bonds is 5. The molecule has 0 saturated heterocycles. The molecule has 0 aliphatic carbocycles. The first-order valence-corrected chi connectivity index (χ1v) is 6.14. The molecule has 0 bridgehead atoms. The summed E-state index contributed by atoms with van der Waals surface area (Å²) in [5, 5.41) is 6.80. The molecule has 0 amide bonds. The van der Waals surface area contributed by atoms with Gasteiger partial charge in [0.05, 0.1) is 7.11 Å². The number of hydrogen-bond donors (Lipinski definition) is 1. The van der Waals surface area contributed by atoms with E-state index in [2.05, 4.69) is 20.1 Å². The largest absolute Gasteiger partial charge is 0.467 e. The van der Waals surface area contributed by atoms with Crippen LogP contribution in [0.2, 0.25) is 0 Å². The highest BCUT2D eigenvalue weighted by atomic mass is 19.1. The highest BCUT2D eigenvalue weighted by Gasteiger charge is 2.17. The van der Waals surface area contributed by atoms with Gasteiger partial charge in [-0.3, -0.25) is 0 Å². The van der Waals surface area contributed by atoms with E-state index >= 15 is 0 Å². The van der Waals surface area contributed by atoms with E-state index in [4.69, 9.17) is 0 Å². The zero-order chi connectivity index (χ0) is 14.5. The van der Waals surface area contributed by atoms with Crippen molar-refractivity contribution in [3.8, 4) is 5.69 Å². The Bertz CT molecular complexity index is 586. The van der Waals surface area contributed by atoms with Crippen LogP contribution in [-0.2, 0) is 9.53 Å². The zero-order valence-electron chi connectivity index (χ0n) is 11.2. The zero-order valence-corrected chi connectivity index (χ0v) is 11.2. The summed E-state index contributed by atoms with van der Waals surface area (Å²) in [7, 11) is 1.32. The Morgan fingerprint density at radius 2 is 2.35 bits per heavy atom. The van der Waals surface area contributed by atoms with Gasteiger partial charge in [-0.1, -0.05) is 6.92 Å². The summed E-state index contributed by atoms with van der Waals surface area (Å²) in [5.74, 6) is -0.839. The fourth-order valence-electron chi connectivity index (χ4n) is 1.79. The second-order valence-corrected chi connectivity index (χ2v) is 4.13. The van der Waals surface area contributed by atoms with Gasteiger partial charge in [0, 0.05) is 5.69 Å². The van der Waals surface area contributed by atoms with Crippen LogP contribution < -0.4 is 5.32 Å². The van der Waals surface area contributed by atoms with E-state index in [1.165, 1.54) is 30.5 Å². The SMILES string of the molecule is CCC(Nc1ccc(-n2cncn2)c(F)c1)C(=O)OC. The van der Waals surface area contributed by atoms with Crippen molar-refractivity contribution in [2.24, 2.45) is 0 Å². The molecule has 1 aromatic heterocycles. The first-order valence-electron chi connectivity index (χ1n) is 6.14. The Hall–Kier alpha value is -2.44. The molecule has 106 valence electrons. The number of carbonyl (C=O) groups is 1. The summed E-state index contributed by atoms with van der Waals surface area (Å²) in [6, 6.07) is 4.04. The lowest BCUT2D eigenvalue weighted by molar-refractivity contribution is -0.141. The van der Waals surface area contributed by atoms with Crippen molar-refractivity contribution in [2.45, 2.75) is 19.4 Å². The summed E-state index contributed by atoms with van der Waals surface area (Å²) in [6.45, 7) is 1.84. The predicted molar refractivity (Wildman–Crippen MR) is 71.0 cm³/mol. The average Bonchev–Trinajstić information content (AvgIpc) is 2.98. The first-order chi connectivity index (χ1) is 9.65. The second-order valence-electron chi connectivity index (χ2n) is 4.13. The summed E-state index contributed by atoms with van der Waals surface area (Å²) in [4.78, 5) is 15.3. The van der Waals surface area contributed by atoms with E-state index in [0.717, 1.165) is 0 Å². The fraction of sp³-hybridized carbons (Fsp3) is 0.308. The maximum Gasteiger partial charge on any atom is 0.328 e. The van der Waals surface area contributed by atoms with E-state index < -0.39 is 11.9 Å². The lowest BCUT2D eigenvalue weighted by Crippen LogP contribution is -2.29. The molecule has 2 aromatic rings. The summed E-state index contributed by atoms with van der Waals surface area (Å²) >= 11 is 0. The van der Waals surface area contributed by atoms with E-state index in [0.29, 0.717) is 17.8 Å². The molecule has 0 aliphatic rings. The molecule has 0 fully saturated rings. The standard InChI is InChI=1S/C13H15FN4O2/c1-3-11(13(19)20-2)17-9-4-5-12(10(14)6-9)18-8-15-7-16-18/h4-8,11,17H,3H2,1-2H3. The summed E-state index contributed by atoms with van der Waals surface area (Å²) in [5.41, 5.74) is 0.794. The van der Waals surface area contributed by atoms with Crippen LogP contribution in [0.4, 0.5) is 10.1 Å². The second kappa shape index (κ2) is 6.14. The number of ether oxygens (including phenoxy) is 1. The van der Waals surface area contributed by atoms with Crippen LogP contribution in [0.1, 0.15) is 13.3 Å². The lowest BCUT2D eigenvalue weighted by Gasteiger charge is -2.16. The van der Waals surface area contributed by atoms with Gasteiger partial charge < -0.3 is 10.1 Å². The molecular weight excluding hydrogens is 263 g/mol. The minimum Gasteiger partial charge on any atom is -0.467 e. The van der Waals surface area contributed by atoms with Crippen molar-refractivity contribution in [2.75, 3.05) is 12.4 Å². The number of hydrogen-bond acceptors (Lipinski definition) is 5. The predicted octanol–water partition coefficient (Wildman–Crippen LogP) is 1.77. The number of benzene rings is 1. The average molecular weight is 278 g/mol. The molecule has 0 aliphatic heterocycles. The van der Waals surface area contributed by atoms with Crippen LogP contribution in [0, 0.1) is 5.82 Å². The number of carbonyl (C=O) groups excluding carboxylic acids is 1. The van der Waals surface area contributed by atoms with Gasteiger partial charge in [0.2, 0.25) is 0 Å². The van der Waals surface area contributed by atoms with E-state index in [1.807, 2.05) is 6.92 Å². The quantitative estimate of drug-likeness (QED) is 0.844. The Labute approximate surface area is 115 Å². The minimum atomic E-state index is -0.503. The molecule has 7 heteroatoms. The number of aromatic nitrogens is 3. The Kier molecular flexibility index (Phi) is 4.29. The van der Waals surface area contributed by atoms with Gasteiger partial charge in [0.15, 0.2) is 5.82 Å². The van der Waals surface area contributed by atoms with Crippen molar-refractivity contribution < 1.29 is 13.9 Å². The monoisotopic (exact) mass is 278 g/mol. The molecule has 0 saturated carbocycles. The van der Waals surface area contributed by atoms with E-state index in [-0.39, 0.29) is 5.97 Å². The van der Waals surface area contributed by atoms with Gasteiger partial charge in [0.25, 0.3) is 0 Å². The number of anilines is 1. The van der Waals surface area contributed by atoms with Gasteiger partial charge in [0.1, 0.15) is 24.4 Å². The van der Waals surface area contributed by atoms with E-state index in [1.54, 1.807) is 12.1 Å². The topological polar surface area (TPSA) is 69.0 Å². The number of nitrogens with zero attached hydrogens (tertiary/aromatic N) is 3. The maximum absolute atomic E-state index is 14.0. The lowest BCUT2D eigenvalue weighted by atomic mass is 10.2. The fourth-order valence-corrected chi connectivity index (χ4v) is 1.79. The van der Waals surface area contributed by atoms with Gasteiger partial charge in [-0.05, 0) is 24.6 Å². The molecule has 1 atom stereocenters. The van der Waals surface area contributed by atoms with Crippen molar-refractivity contribution in [3.05, 3.63) is 36.7 Å². The summed E-state index contributed by atoms with van der Waals surface area (Å²) < 4.78 is 20.0. The highest BCUT2D eigenvalue weighted by Crippen LogP contribution is 2.18. The molecule has 0 radical (unpaired) electrons. The van der Waals surface area contributed by atoms with Crippen LogP contribution in [-0.4, -0.2) is 33.9 Å². The molecular formula is C13H15FN4O2. The van der Waals surface area contributed by atoms with Crippen molar-refractivity contribution in [1.29, 1.82) is 0 Å². The third kappa shape index (κ3) is 2.93. The Morgan fingerprint density at radius 1 is 1.55 bits per heavy atom. The van der Waals surface area contributed by atoms with Gasteiger partial charge in [-0.15, -0.1) is 0 Å². The van der Waals surface area contributed by atoms with Crippen LogP contribution in [0.25, 0.3) is 5.69 Å². The normalized spacial score (nSPS) is 11.9. The molecule has 1 N–H and O–H groups in total. The van der Waals surface area contributed by atoms with Crippen molar-refractivity contribution in [3.63, 3.8) is 0 Å². The highest BCUT2D eigenvalue weighted by molar-refractivity contribution is 5.79. The van der Waals surface area contributed by atoms with Gasteiger partial charge in [-0.2, -0.15) is 5.10 Å². The third-order valence-corrected chi connectivity index (χ3v) is 2.85. The minimum absolute atomic E-state index is 0.291. The van der Waals surface area contributed by atoms with Crippen LogP contribution in [0.15, 0.2) is 30.9 Å². The molecule has 6 nitrogen and oxygen atoms in total. The van der Waals surface area contributed by atoms with E-state index in [9.17, 15) is 9.18 Å². The summed E-state index contributed by atoms with van der Waals surface area (Å²) in [6.07, 6.45) is 3.28. The number of nitrogens with one attached hydrogen (secondary N) is 1. The van der Waals surface area contributed by atoms with Gasteiger partial charge in [-0.25, -0.2) is 18.9 Å². The number of methoxy groups -OCH3 is 1. The number of esters is 1. The Morgan fingerprint density at radius 3 is 2.90 bits per heavy atom. The molecule has 0 spiro atoms. The Balaban J connectivity index is 2.19. The molecule has 2 rings (SSSR count). The number of halogens is 1. The van der Waals surface area contributed by atoms with Crippen LogP contribution in [0.5, 0.6) is 0 Å². The van der Waals surface area contributed by atoms with Crippen LogP contribution >= 0.6 is 0 Å². The van der Waals surface area contributed by atoms with Crippen LogP contribution in [0.3, 0.4) is 0 Å². The maximum atomic E-state index is 14.0. The smallest absolute Gasteiger partial charge is 0.328 e. The van der Waals surface area contributed by atoms with Crippen molar-refractivity contribution in [1.82, 2.24) is 14.8 Å². The molecule has 1 unspecified atom stereocenters. The third-order valence-electron chi connectivity index (χ3n) is 2.85. The van der Waals surface area contributed by atoms with Crippen molar-refractivity contribution >= 4 is 11.7 Å².